The first kappa shape index (κ1) is 19.9. The zero-order valence-electron chi connectivity index (χ0n) is 13.7. The fourth-order valence-corrected chi connectivity index (χ4v) is 2.15. The van der Waals surface area contributed by atoms with E-state index in [0.29, 0.717) is 23.9 Å². The van der Waals surface area contributed by atoms with Crippen LogP contribution in [0.15, 0.2) is 0 Å². The number of carbonyl (C=O) groups excluding carboxylic acids is 1. The second-order valence-electron chi connectivity index (χ2n) is 6.52. The molecule has 0 amide bonds. The second-order valence-corrected chi connectivity index (χ2v) is 6.52. The van der Waals surface area contributed by atoms with E-state index in [1.165, 1.54) is 0 Å². The van der Waals surface area contributed by atoms with Crippen LogP contribution in [-0.4, -0.2) is 66.5 Å². The van der Waals surface area contributed by atoms with Crippen molar-refractivity contribution in [3.8, 4) is 0 Å². The van der Waals surface area contributed by atoms with Crippen molar-refractivity contribution in [1.29, 1.82) is 0 Å². The van der Waals surface area contributed by atoms with Gasteiger partial charge in [0.25, 0.3) is 0 Å². The summed E-state index contributed by atoms with van der Waals surface area (Å²) in [4.78, 5) is 22.6. The Balaban J connectivity index is 4.18. The van der Waals surface area contributed by atoms with Gasteiger partial charge in [0.05, 0.1) is 33.7 Å². The lowest BCUT2D eigenvalue weighted by atomic mass is 10.1. The van der Waals surface area contributed by atoms with E-state index in [9.17, 15) is 14.7 Å². The van der Waals surface area contributed by atoms with Gasteiger partial charge in [0.2, 0.25) is 0 Å². The Morgan fingerprint density at radius 3 is 2.29 bits per heavy atom. The summed E-state index contributed by atoms with van der Waals surface area (Å²) in [7, 11) is 5.76. The van der Waals surface area contributed by atoms with Gasteiger partial charge in [-0.15, -0.1) is 0 Å². The molecule has 0 aliphatic heterocycles. The number of quaternary nitrogens is 1. The predicted octanol–water partition coefficient (Wildman–Crippen LogP) is 1.41. The average molecular weight is 304 g/mol. The van der Waals surface area contributed by atoms with Crippen molar-refractivity contribution in [1.82, 2.24) is 0 Å². The lowest BCUT2D eigenvalue weighted by Crippen LogP contribution is -2.43. The van der Waals surface area contributed by atoms with Crippen LogP contribution in [0.4, 0.5) is 0 Å². The molecule has 6 heteroatoms. The number of ether oxygens (including phenoxy) is 1. The summed E-state index contributed by atoms with van der Waals surface area (Å²) < 4.78 is 5.79. The van der Waals surface area contributed by atoms with E-state index in [0.717, 1.165) is 12.8 Å². The molecule has 0 heterocycles. The second kappa shape index (κ2) is 9.73. The number of likely N-dealkylation sites (N-methyl/N-ethyl adjacent to an activating group) is 1. The van der Waals surface area contributed by atoms with Gasteiger partial charge >= 0.3 is 11.9 Å². The number of esters is 1. The number of hydrogen-bond acceptors (Lipinski definition) is 4. The van der Waals surface area contributed by atoms with Crippen LogP contribution in [0, 0.1) is 0 Å². The first-order chi connectivity index (χ1) is 9.64. The normalized spacial score (nSPS) is 14.5. The van der Waals surface area contributed by atoms with Gasteiger partial charge in [-0.3, -0.25) is 9.59 Å². The topological polar surface area (TPSA) is 83.8 Å². The maximum Gasteiger partial charge on any atom is 0.307 e. The Bertz CT molecular complexity index is 325. The minimum atomic E-state index is -0.973. The summed E-state index contributed by atoms with van der Waals surface area (Å²) in [6.07, 6.45) is 1.83. The number of carboxylic acid groups (broad SMARTS) is 1. The molecule has 2 unspecified atom stereocenters. The van der Waals surface area contributed by atoms with Crippen LogP contribution >= 0.6 is 0 Å². The monoisotopic (exact) mass is 304 g/mol. The smallest absolute Gasteiger partial charge is 0.307 e. The maximum atomic E-state index is 11.8. The Morgan fingerprint density at radius 1 is 1.19 bits per heavy atom. The molecule has 0 rings (SSSR count). The average Bonchev–Trinajstić information content (AvgIpc) is 2.25. The van der Waals surface area contributed by atoms with Crippen LogP contribution in [0.3, 0.4) is 0 Å². The molecule has 0 aromatic carbocycles. The summed E-state index contributed by atoms with van der Waals surface area (Å²) >= 11 is 0. The van der Waals surface area contributed by atoms with Crippen molar-refractivity contribution < 1.29 is 29.0 Å². The molecule has 0 aliphatic rings. The van der Waals surface area contributed by atoms with Crippen molar-refractivity contribution in [3.63, 3.8) is 0 Å². The fraction of sp³-hybridized carbons (Fsp3) is 0.867. The summed E-state index contributed by atoms with van der Waals surface area (Å²) in [6, 6.07) is 0. The zero-order valence-corrected chi connectivity index (χ0v) is 13.7. The summed E-state index contributed by atoms with van der Waals surface area (Å²) in [5.74, 6) is -1.36. The third kappa shape index (κ3) is 12.3. The fourth-order valence-electron chi connectivity index (χ4n) is 2.15. The SMILES string of the molecule is CCCC(O)CCCC(=O)OC(CC(=O)O)C[N+](C)(C)C. The maximum absolute atomic E-state index is 11.8. The summed E-state index contributed by atoms with van der Waals surface area (Å²) in [6.45, 7) is 2.45. The third-order valence-electron chi connectivity index (χ3n) is 2.99. The third-order valence-corrected chi connectivity index (χ3v) is 2.99. The molecule has 0 bridgehead atoms. The molecule has 0 saturated carbocycles. The van der Waals surface area contributed by atoms with E-state index in [1.807, 2.05) is 28.1 Å². The highest BCUT2D eigenvalue weighted by Crippen LogP contribution is 2.10. The Hall–Kier alpha value is -1.14. The molecule has 2 atom stereocenters. The van der Waals surface area contributed by atoms with E-state index in [4.69, 9.17) is 9.84 Å². The molecule has 0 radical (unpaired) electrons. The molecule has 0 fully saturated rings. The van der Waals surface area contributed by atoms with E-state index in [-0.39, 0.29) is 18.9 Å². The van der Waals surface area contributed by atoms with Crippen molar-refractivity contribution in [3.05, 3.63) is 0 Å². The summed E-state index contributed by atoms with van der Waals surface area (Å²) in [5.41, 5.74) is 0. The van der Waals surface area contributed by atoms with E-state index in [2.05, 4.69) is 0 Å². The highest BCUT2D eigenvalue weighted by atomic mass is 16.5. The number of carbonyl (C=O) groups is 2. The van der Waals surface area contributed by atoms with Crippen LogP contribution < -0.4 is 0 Å². The molecule has 21 heavy (non-hydrogen) atoms. The van der Waals surface area contributed by atoms with E-state index in [1.54, 1.807) is 0 Å². The molecule has 0 aromatic rings. The van der Waals surface area contributed by atoms with Gasteiger partial charge in [-0.05, 0) is 19.3 Å². The molecule has 0 saturated heterocycles. The van der Waals surface area contributed by atoms with Crippen molar-refractivity contribution in [2.45, 2.75) is 57.7 Å². The quantitative estimate of drug-likeness (QED) is 0.445. The highest BCUT2D eigenvalue weighted by molar-refractivity contribution is 5.71. The van der Waals surface area contributed by atoms with Crippen LogP contribution in [0.25, 0.3) is 0 Å². The lowest BCUT2D eigenvalue weighted by molar-refractivity contribution is -0.873. The van der Waals surface area contributed by atoms with Gasteiger partial charge in [-0.25, -0.2) is 0 Å². The lowest BCUT2D eigenvalue weighted by Gasteiger charge is -2.28. The molecule has 0 aromatic heterocycles. The predicted molar refractivity (Wildman–Crippen MR) is 79.8 cm³/mol. The Kier molecular flexibility index (Phi) is 9.21. The van der Waals surface area contributed by atoms with Crippen molar-refractivity contribution in [2.24, 2.45) is 0 Å². The zero-order chi connectivity index (χ0) is 16.5. The highest BCUT2D eigenvalue weighted by Gasteiger charge is 2.24. The van der Waals surface area contributed by atoms with Gasteiger partial charge in [-0.1, -0.05) is 13.3 Å². The van der Waals surface area contributed by atoms with Gasteiger partial charge in [0.15, 0.2) is 6.10 Å². The van der Waals surface area contributed by atoms with Crippen LogP contribution in [0.5, 0.6) is 0 Å². The van der Waals surface area contributed by atoms with Crippen LogP contribution in [-0.2, 0) is 14.3 Å². The van der Waals surface area contributed by atoms with Gasteiger partial charge in [0.1, 0.15) is 6.54 Å². The van der Waals surface area contributed by atoms with Crippen LogP contribution in [0.2, 0.25) is 0 Å². The minimum Gasteiger partial charge on any atom is -0.481 e. The van der Waals surface area contributed by atoms with Gasteiger partial charge in [-0.2, -0.15) is 0 Å². The van der Waals surface area contributed by atoms with E-state index < -0.39 is 18.0 Å². The molecule has 6 nitrogen and oxygen atoms in total. The van der Waals surface area contributed by atoms with Crippen molar-refractivity contribution in [2.75, 3.05) is 27.7 Å². The molecule has 124 valence electrons. The Labute approximate surface area is 127 Å². The molecule has 2 N–H and O–H groups in total. The van der Waals surface area contributed by atoms with Gasteiger partial charge in [0, 0.05) is 6.42 Å². The van der Waals surface area contributed by atoms with Crippen molar-refractivity contribution >= 4 is 11.9 Å². The number of nitrogens with zero attached hydrogens (tertiary/aromatic N) is 1. The molecule has 0 aliphatic carbocycles. The summed E-state index contributed by atoms with van der Waals surface area (Å²) in [5, 5.41) is 18.5. The number of aliphatic hydroxyl groups is 1. The number of aliphatic carboxylic acids is 1. The standard InChI is InChI=1S/C15H29NO5/c1-5-7-12(17)8-6-9-15(20)21-13(10-14(18)19)11-16(2,3)4/h12-13,17H,5-11H2,1-4H3/p+1. The Morgan fingerprint density at radius 2 is 1.81 bits per heavy atom. The largest absolute Gasteiger partial charge is 0.481 e. The minimum absolute atomic E-state index is 0.181. The molecular formula is C15H30NO5+. The number of carboxylic acids is 1. The first-order valence-corrected chi connectivity index (χ1v) is 7.53. The molecule has 0 spiro atoms. The number of hydrogen-bond donors (Lipinski definition) is 2. The first-order valence-electron chi connectivity index (χ1n) is 7.53. The van der Waals surface area contributed by atoms with Crippen LogP contribution in [0.1, 0.15) is 45.4 Å². The number of aliphatic hydroxyl groups excluding tert-OH is 1. The van der Waals surface area contributed by atoms with Gasteiger partial charge < -0.3 is 19.4 Å². The van der Waals surface area contributed by atoms with E-state index >= 15 is 0 Å². The molecular weight excluding hydrogens is 274 g/mol. The number of rotatable bonds is 11.